The second kappa shape index (κ2) is 29.0. The fraction of sp³-hybridized carbons (Fsp3) is 0.493. The average molecular weight is 1540 g/mol. The molecule has 6 aromatic carbocycles. The molecule has 0 amide bonds. The standard InChI is InChI=1S/C29H40Br2.2C21H25Br2N3O/c1-3-5-7-9-11-13-19-29(20-14-12-10-8-6-4-2)27-21-23(30)15-17-25(27)26-18-16-24(31)22-28(26)29;2*1-20(2,3)12-10-13(21(4,5)6)19(27-7)16(11-12)26-24-17-14(22)8-9-15(23)18(17)25-26/h15-18,21-22H,3-14,19-20H2,1-2H3;2*8-11H,1-7H3. The van der Waals surface area contributed by atoms with Crippen molar-refractivity contribution in [3.63, 3.8) is 0 Å². The number of halogens is 6. The lowest BCUT2D eigenvalue weighted by atomic mass is 9.70. The molecule has 0 N–H and O–H groups in total. The van der Waals surface area contributed by atoms with Crippen LogP contribution in [0.3, 0.4) is 0 Å². The van der Waals surface area contributed by atoms with E-state index in [9.17, 15) is 0 Å². The number of hydrogen-bond acceptors (Lipinski definition) is 6. The molecule has 458 valence electrons. The summed E-state index contributed by atoms with van der Waals surface area (Å²) in [6.45, 7) is 31.1. The van der Waals surface area contributed by atoms with Gasteiger partial charge in [0.15, 0.2) is 0 Å². The van der Waals surface area contributed by atoms with E-state index in [-0.39, 0.29) is 27.1 Å². The maximum absolute atomic E-state index is 5.86. The van der Waals surface area contributed by atoms with Gasteiger partial charge in [0.05, 0.1) is 14.2 Å². The van der Waals surface area contributed by atoms with Crippen LogP contribution in [0.4, 0.5) is 0 Å². The van der Waals surface area contributed by atoms with Crippen LogP contribution in [0.5, 0.6) is 11.5 Å². The molecule has 0 unspecified atom stereocenters. The van der Waals surface area contributed by atoms with Crippen LogP contribution in [-0.2, 0) is 27.1 Å². The maximum atomic E-state index is 5.86. The van der Waals surface area contributed by atoms with Gasteiger partial charge in [-0.3, -0.25) is 0 Å². The number of ether oxygens (including phenoxy) is 2. The highest BCUT2D eigenvalue weighted by Gasteiger charge is 2.42. The van der Waals surface area contributed by atoms with Gasteiger partial charge in [-0.15, -0.1) is 30.0 Å². The molecule has 0 aliphatic heterocycles. The van der Waals surface area contributed by atoms with Gasteiger partial charge >= 0.3 is 0 Å². The van der Waals surface area contributed by atoms with Crippen molar-refractivity contribution in [1.29, 1.82) is 0 Å². The first-order valence-corrected chi connectivity index (χ1v) is 35.2. The lowest BCUT2D eigenvalue weighted by Crippen LogP contribution is -2.25. The summed E-state index contributed by atoms with van der Waals surface area (Å²) in [5.41, 5.74) is 15.8. The van der Waals surface area contributed by atoms with Gasteiger partial charge in [0.25, 0.3) is 0 Å². The molecule has 9 rings (SSSR count). The number of nitrogens with zero attached hydrogens (tertiary/aromatic N) is 6. The lowest BCUT2D eigenvalue weighted by molar-refractivity contribution is 0.392. The molecule has 85 heavy (non-hydrogen) atoms. The summed E-state index contributed by atoms with van der Waals surface area (Å²) in [6, 6.07) is 30.6. The van der Waals surface area contributed by atoms with Crippen molar-refractivity contribution >= 4 is 118 Å². The predicted octanol–water partition coefficient (Wildman–Crippen LogP) is 24.1. The van der Waals surface area contributed by atoms with Crippen LogP contribution >= 0.6 is 95.6 Å². The Balaban J connectivity index is 0.000000183. The first-order valence-electron chi connectivity index (χ1n) is 30.5. The molecule has 0 fully saturated rings. The average Bonchev–Trinajstić information content (AvgIpc) is 1.69. The number of aromatic nitrogens is 6. The molecule has 0 spiro atoms. The number of hydrogen-bond donors (Lipinski definition) is 0. The van der Waals surface area contributed by atoms with E-state index in [0.29, 0.717) is 0 Å². The van der Waals surface area contributed by atoms with Crippen molar-refractivity contribution in [2.45, 2.75) is 214 Å². The quantitative estimate of drug-likeness (QED) is 0.0797. The van der Waals surface area contributed by atoms with Crippen LogP contribution in [0, 0.1) is 0 Å². The summed E-state index contributed by atoms with van der Waals surface area (Å²) in [6.07, 6.45) is 18.9. The Hall–Kier alpha value is -3.40. The Kier molecular flexibility index (Phi) is 23.6. The number of unbranched alkanes of at least 4 members (excludes halogenated alkanes) is 10. The third-order valence-corrected chi connectivity index (χ3v) is 20.0. The van der Waals surface area contributed by atoms with Gasteiger partial charge in [-0.2, -0.15) is 0 Å². The van der Waals surface area contributed by atoms with Crippen molar-refractivity contribution in [3.05, 3.63) is 145 Å². The smallest absolute Gasteiger partial charge is 0.150 e. The molecule has 8 aromatic rings. The van der Waals surface area contributed by atoms with E-state index in [4.69, 9.17) is 29.9 Å². The van der Waals surface area contributed by atoms with Crippen LogP contribution in [0.15, 0.2) is 112 Å². The fourth-order valence-corrected chi connectivity index (χ4v) is 13.9. The Bertz CT molecular complexity index is 3280. The normalized spacial score (nSPS) is 13.1. The van der Waals surface area contributed by atoms with Crippen molar-refractivity contribution in [2.24, 2.45) is 0 Å². The molecule has 0 bridgehead atoms. The largest absolute Gasteiger partial charge is 0.494 e. The van der Waals surface area contributed by atoms with E-state index in [1.54, 1.807) is 34.9 Å². The van der Waals surface area contributed by atoms with E-state index in [2.05, 4.69) is 253 Å². The van der Waals surface area contributed by atoms with E-state index in [1.807, 2.05) is 24.3 Å². The molecular weight excluding hydrogens is 1450 g/mol. The highest BCUT2D eigenvalue weighted by molar-refractivity contribution is 9.11. The monoisotopic (exact) mass is 1530 g/mol. The first kappa shape index (κ1) is 69.1. The van der Waals surface area contributed by atoms with Gasteiger partial charge in [-0.1, -0.05) is 230 Å². The van der Waals surface area contributed by atoms with Gasteiger partial charge in [-0.05, 0) is 192 Å². The Morgan fingerprint density at radius 1 is 0.388 bits per heavy atom. The summed E-state index contributed by atoms with van der Waals surface area (Å²) in [7, 11) is 3.42. The minimum Gasteiger partial charge on any atom is -0.494 e. The Morgan fingerprint density at radius 3 is 0.976 bits per heavy atom. The molecule has 0 saturated carbocycles. The zero-order valence-corrected chi connectivity index (χ0v) is 62.8. The summed E-state index contributed by atoms with van der Waals surface area (Å²) in [5, 5.41) is 19.0. The summed E-state index contributed by atoms with van der Waals surface area (Å²) in [5.74, 6) is 1.62. The molecule has 0 radical (unpaired) electrons. The van der Waals surface area contributed by atoms with Crippen LogP contribution in [0.25, 0.3) is 44.6 Å². The maximum Gasteiger partial charge on any atom is 0.150 e. The summed E-state index contributed by atoms with van der Waals surface area (Å²) in [4.78, 5) is 3.37. The lowest BCUT2D eigenvalue weighted by Gasteiger charge is -2.33. The number of rotatable bonds is 18. The Morgan fingerprint density at radius 2 is 0.694 bits per heavy atom. The topological polar surface area (TPSA) is 79.9 Å². The highest BCUT2D eigenvalue weighted by atomic mass is 79.9. The van der Waals surface area contributed by atoms with Gasteiger partial charge in [0, 0.05) is 43.4 Å². The molecule has 1 aliphatic rings. The van der Waals surface area contributed by atoms with Crippen molar-refractivity contribution < 1.29 is 9.47 Å². The molecule has 0 saturated heterocycles. The van der Waals surface area contributed by atoms with Gasteiger partial charge in [0.1, 0.15) is 44.9 Å². The van der Waals surface area contributed by atoms with Crippen molar-refractivity contribution in [1.82, 2.24) is 30.0 Å². The molecule has 1 aliphatic carbocycles. The molecule has 0 atom stereocenters. The zero-order chi connectivity index (χ0) is 62.4. The fourth-order valence-electron chi connectivity index (χ4n) is 11.5. The molecular formula is C71H90Br6N6O2. The summed E-state index contributed by atoms with van der Waals surface area (Å²) < 4.78 is 17.8. The van der Waals surface area contributed by atoms with Gasteiger partial charge in [-0.25, -0.2) is 0 Å². The molecule has 14 heteroatoms. The summed E-state index contributed by atoms with van der Waals surface area (Å²) >= 11 is 21.9. The van der Waals surface area contributed by atoms with Crippen LogP contribution in [-0.4, -0.2) is 44.2 Å². The van der Waals surface area contributed by atoms with Crippen LogP contribution in [0.2, 0.25) is 0 Å². The second-order valence-electron chi connectivity index (χ2n) is 27.1. The van der Waals surface area contributed by atoms with E-state index >= 15 is 0 Å². The number of fused-ring (bicyclic) bond motifs is 5. The molecule has 8 nitrogen and oxygen atoms in total. The first-order chi connectivity index (χ1) is 40.0. The minimum absolute atomic E-state index is 0.00519. The van der Waals surface area contributed by atoms with Crippen LogP contribution < -0.4 is 9.47 Å². The zero-order valence-electron chi connectivity index (χ0n) is 53.2. The second-order valence-corrected chi connectivity index (χ2v) is 32.3. The van der Waals surface area contributed by atoms with Crippen molar-refractivity contribution in [3.8, 4) is 34.0 Å². The van der Waals surface area contributed by atoms with E-state index in [1.165, 1.54) is 121 Å². The van der Waals surface area contributed by atoms with E-state index < -0.39 is 0 Å². The molecule has 2 aromatic heterocycles. The van der Waals surface area contributed by atoms with Crippen molar-refractivity contribution in [2.75, 3.05) is 14.2 Å². The van der Waals surface area contributed by atoms with Crippen LogP contribution in [0.1, 0.15) is 220 Å². The minimum atomic E-state index is -0.0743. The SMILES string of the molecule is CCCCCCCCC1(CCCCCCCC)c2cc(Br)ccc2-c2ccc(Br)cc21.COc1c(-n2nc3c(Br)ccc(Br)c3n2)cc(C(C)(C)C)cc1C(C)(C)C.COc1c(-n2nc3c(Br)ccc(Br)c3n2)cc(C(C)(C)C)cc1C(C)(C)C. The predicted molar refractivity (Wildman–Crippen MR) is 380 cm³/mol. The number of methoxy groups -OCH3 is 2. The van der Waals surface area contributed by atoms with Gasteiger partial charge in [0.2, 0.25) is 0 Å². The third kappa shape index (κ3) is 16.3. The highest BCUT2D eigenvalue weighted by Crippen LogP contribution is 2.55. The third-order valence-electron chi connectivity index (χ3n) is 16.4. The van der Waals surface area contributed by atoms with Gasteiger partial charge < -0.3 is 9.47 Å². The van der Waals surface area contributed by atoms with E-state index in [0.717, 1.165) is 74.0 Å². The number of benzene rings is 6. The Labute approximate surface area is 559 Å². The molecule has 2 heterocycles.